The zero-order valence-corrected chi connectivity index (χ0v) is 10.9. The van der Waals surface area contributed by atoms with E-state index in [1.54, 1.807) is 0 Å². The van der Waals surface area contributed by atoms with Crippen LogP contribution in [-0.2, 0) is 4.79 Å². The van der Waals surface area contributed by atoms with Gasteiger partial charge in [-0.25, -0.2) is 0 Å². The van der Waals surface area contributed by atoms with Crippen LogP contribution >= 0.6 is 0 Å². The van der Waals surface area contributed by atoms with Gasteiger partial charge in [-0.3, -0.25) is 4.79 Å². The van der Waals surface area contributed by atoms with Crippen molar-refractivity contribution in [1.29, 1.82) is 0 Å². The van der Waals surface area contributed by atoms with Crippen LogP contribution in [0.25, 0.3) is 0 Å². The molecule has 1 heterocycles. The van der Waals surface area contributed by atoms with Crippen molar-refractivity contribution in [2.75, 3.05) is 13.1 Å². The molecule has 1 N–H and O–H groups in total. The number of carbonyl (C=O) groups is 1. The predicted molar refractivity (Wildman–Crippen MR) is 68.4 cm³/mol. The molecule has 0 atom stereocenters. The van der Waals surface area contributed by atoms with Crippen molar-refractivity contribution < 1.29 is 9.90 Å². The molecule has 0 bridgehead atoms. The molecule has 1 aliphatic rings. The number of carboxylic acids is 1. The molecule has 0 spiro atoms. The fraction of sp³-hybridized carbons (Fsp3) is 0.769. The summed E-state index contributed by atoms with van der Waals surface area (Å²) in [5.41, 5.74) is 0. The lowest BCUT2D eigenvalue weighted by Crippen LogP contribution is -2.41. The van der Waals surface area contributed by atoms with Gasteiger partial charge >= 0.3 is 5.97 Å². The van der Waals surface area contributed by atoms with E-state index in [1.807, 2.05) is 12.4 Å². The van der Waals surface area contributed by atoms with Crippen molar-refractivity contribution in [3.05, 3.63) is 12.4 Å². The number of nitrogens with zero attached hydrogens (tertiary/aromatic N) is 2. The number of unbranched alkanes of at least 4 members (excludes halogenated alkanes) is 2. The van der Waals surface area contributed by atoms with Crippen molar-refractivity contribution in [3.63, 3.8) is 0 Å². The highest BCUT2D eigenvalue weighted by Crippen LogP contribution is 2.20. The van der Waals surface area contributed by atoms with Crippen molar-refractivity contribution in [2.45, 2.75) is 52.1 Å². The van der Waals surface area contributed by atoms with Crippen molar-refractivity contribution in [1.82, 2.24) is 9.80 Å². The first-order chi connectivity index (χ1) is 8.19. The summed E-state index contributed by atoms with van der Waals surface area (Å²) in [6.45, 7) is 6.21. The average molecular weight is 240 g/mol. The van der Waals surface area contributed by atoms with Crippen LogP contribution in [-0.4, -0.2) is 40.1 Å². The van der Waals surface area contributed by atoms with Crippen molar-refractivity contribution >= 4 is 5.97 Å². The Bertz CT molecular complexity index is 248. The second-order valence-corrected chi connectivity index (χ2v) is 4.56. The number of hydrogen-bond donors (Lipinski definition) is 1. The van der Waals surface area contributed by atoms with Crippen LogP contribution in [0.5, 0.6) is 0 Å². The first kappa shape index (κ1) is 13.9. The second-order valence-electron chi connectivity index (χ2n) is 4.56. The van der Waals surface area contributed by atoms with E-state index >= 15 is 0 Å². The van der Waals surface area contributed by atoms with Crippen LogP contribution in [0.3, 0.4) is 0 Å². The summed E-state index contributed by atoms with van der Waals surface area (Å²) in [6, 6.07) is 0. The van der Waals surface area contributed by atoms with Gasteiger partial charge in [-0.15, -0.1) is 0 Å². The van der Waals surface area contributed by atoms with Gasteiger partial charge in [0.25, 0.3) is 0 Å². The molecule has 17 heavy (non-hydrogen) atoms. The minimum absolute atomic E-state index is 0.0191. The van der Waals surface area contributed by atoms with Crippen LogP contribution in [0.4, 0.5) is 0 Å². The van der Waals surface area contributed by atoms with Gasteiger partial charge in [0.05, 0.1) is 6.42 Å². The van der Waals surface area contributed by atoms with Gasteiger partial charge in [0.1, 0.15) is 6.17 Å². The van der Waals surface area contributed by atoms with E-state index in [0.29, 0.717) is 0 Å². The topological polar surface area (TPSA) is 43.8 Å². The van der Waals surface area contributed by atoms with Crippen LogP contribution in [0.2, 0.25) is 0 Å². The quantitative estimate of drug-likeness (QED) is 0.708. The van der Waals surface area contributed by atoms with Gasteiger partial charge in [0, 0.05) is 25.5 Å². The molecule has 0 fully saturated rings. The molecule has 0 unspecified atom stereocenters. The highest BCUT2D eigenvalue weighted by molar-refractivity contribution is 5.67. The van der Waals surface area contributed by atoms with E-state index in [-0.39, 0.29) is 12.6 Å². The first-order valence-corrected chi connectivity index (χ1v) is 6.60. The van der Waals surface area contributed by atoms with Gasteiger partial charge < -0.3 is 14.9 Å². The molecule has 1 rings (SSSR count). The van der Waals surface area contributed by atoms with Crippen LogP contribution in [0, 0.1) is 0 Å². The minimum atomic E-state index is -0.721. The van der Waals surface area contributed by atoms with Crippen molar-refractivity contribution in [3.8, 4) is 0 Å². The molecule has 4 heteroatoms. The smallest absolute Gasteiger partial charge is 0.307 e. The molecular formula is C13H24N2O2. The zero-order chi connectivity index (χ0) is 12.7. The Morgan fingerprint density at radius 2 is 1.59 bits per heavy atom. The van der Waals surface area contributed by atoms with Gasteiger partial charge in [0.2, 0.25) is 0 Å². The Hall–Kier alpha value is -1.19. The molecule has 0 saturated carbocycles. The molecule has 0 aromatic heterocycles. The lowest BCUT2D eigenvalue weighted by atomic mass is 10.2. The third kappa shape index (κ3) is 4.29. The van der Waals surface area contributed by atoms with Gasteiger partial charge in [-0.1, -0.05) is 26.7 Å². The standard InChI is InChI=1S/C13H24N2O2/c1-3-5-7-14-9-10-15(8-6-4-2)12(14)11-13(16)17/h9-10,12H,3-8,11H2,1-2H3,(H,16,17). The lowest BCUT2D eigenvalue weighted by molar-refractivity contribution is -0.139. The monoisotopic (exact) mass is 240 g/mol. The largest absolute Gasteiger partial charge is 0.481 e. The van der Waals surface area contributed by atoms with Crippen molar-refractivity contribution in [2.24, 2.45) is 0 Å². The summed E-state index contributed by atoms with van der Waals surface area (Å²) in [6.07, 6.45) is 8.80. The molecule has 4 nitrogen and oxygen atoms in total. The molecule has 0 saturated heterocycles. The molecule has 98 valence electrons. The summed E-state index contributed by atoms with van der Waals surface area (Å²) in [4.78, 5) is 15.2. The van der Waals surface area contributed by atoms with Crippen LogP contribution < -0.4 is 0 Å². The Labute approximate surface area is 104 Å². The Kier molecular flexibility index (Phi) is 5.87. The first-order valence-electron chi connectivity index (χ1n) is 6.60. The molecule has 1 aliphatic heterocycles. The van der Waals surface area contributed by atoms with Gasteiger partial charge in [-0.05, 0) is 12.8 Å². The summed E-state index contributed by atoms with van der Waals surface area (Å²) < 4.78 is 0. The Morgan fingerprint density at radius 3 is 1.94 bits per heavy atom. The molecule has 0 amide bonds. The summed E-state index contributed by atoms with van der Waals surface area (Å²) in [5, 5.41) is 8.98. The normalized spacial score (nSPS) is 15.9. The highest BCUT2D eigenvalue weighted by atomic mass is 16.4. The third-order valence-electron chi connectivity index (χ3n) is 3.11. The second kappa shape index (κ2) is 7.20. The van der Waals surface area contributed by atoms with Crippen LogP contribution in [0.1, 0.15) is 46.0 Å². The molecule has 0 aliphatic carbocycles. The molecule has 0 aromatic rings. The zero-order valence-electron chi connectivity index (χ0n) is 10.9. The van der Waals surface area contributed by atoms with Crippen LogP contribution in [0.15, 0.2) is 12.4 Å². The minimum Gasteiger partial charge on any atom is -0.481 e. The maximum atomic E-state index is 10.9. The SMILES string of the molecule is CCCCN1C=CN(CCCC)C1CC(=O)O. The van der Waals surface area contributed by atoms with E-state index in [4.69, 9.17) is 5.11 Å². The maximum Gasteiger partial charge on any atom is 0.307 e. The molecule has 0 radical (unpaired) electrons. The van der Waals surface area contributed by atoms with E-state index in [1.165, 1.54) is 0 Å². The number of hydrogen-bond acceptors (Lipinski definition) is 3. The third-order valence-corrected chi connectivity index (χ3v) is 3.11. The van der Waals surface area contributed by atoms with Gasteiger partial charge in [0.15, 0.2) is 0 Å². The molecular weight excluding hydrogens is 216 g/mol. The maximum absolute atomic E-state index is 10.9. The van der Waals surface area contributed by atoms with E-state index in [0.717, 1.165) is 38.8 Å². The number of carboxylic acid groups (broad SMARTS) is 1. The van der Waals surface area contributed by atoms with Gasteiger partial charge in [-0.2, -0.15) is 0 Å². The Balaban J connectivity index is 2.53. The fourth-order valence-electron chi connectivity index (χ4n) is 2.08. The summed E-state index contributed by atoms with van der Waals surface area (Å²) in [7, 11) is 0. The Morgan fingerprint density at radius 1 is 1.12 bits per heavy atom. The number of rotatable bonds is 8. The predicted octanol–water partition coefficient (Wildman–Crippen LogP) is 2.48. The average Bonchev–Trinajstić information content (AvgIpc) is 2.65. The lowest BCUT2D eigenvalue weighted by Gasteiger charge is -2.31. The van der Waals surface area contributed by atoms with E-state index in [2.05, 4.69) is 23.6 Å². The highest BCUT2D eigenvalue weighted by Gasteiger charge is 2.27. The summed E-state index contributed by atoms with van der Waals surface area (Å²) >= 11 is 0. The van der Waals surface area contributed by atoms with E-state index in [9.17, 15) is 4.79 Å². The summed E-state index contributed by atoms with van der Waals surface area (Å²) in [5.74, 6) is -0.721. The van der Waals surface area contributed by atoms with E-state index < -0.39 is 5.97 Å². The number of aliphatic carboxylic acids is 1. The fourth-order valence-corrected chi connectivity index (χ4v) is 2.08. The molecule has 0 aromatic carbocycles.